The number of hydrogen-bond donors (Lipinski definition) is 1. The van der Waals surface area contributed by atoms with Gasteiger partial charge in [-0.3, -0.25) is 4.79 Å². The predicted molar refractivity (Wildman–Crippen MR) is 79.5 cm³/mol. The summed E-state index contributed by atoms with van der Waals surface area (Å²) in [6.45, 7) is 15.3. The van der Waals surface area contributed by atoms with Crippen LogP contribution in [0.4, 0.5) is 0 Å². The number of carbonyl (C=O) groups is 1. The standard InChI is InChI=1S/C14H29NO3Si/c1-10-12(9-16)15(11(2)17)8-13(10)18-19(6,7)14(3,4)5/h10,12-13,16H,8-9H2,1-7H3/t10-,12-,13-/m1/s1. The van der Waals surface area contributed by atoms with Crippen LogP contribution in [-0.2, 0) is 9.22 Å². The second kappa shape index (κ2) is 5.54. The van der Waals surface area contributed by atoms with E-state index in [1.54, 1.807) is 11.8 Å². The third kappa shape index (κ3) is 3.38. The molecule has 0 spiro atoms. The molecule has 3 atom stereocenters. The van der Waals surface area contributed by atoms with Gasteiger partial charge in [-0.1, -0.05) is 27.7 Å². The fraction of sp³-hybridized carbons (Fsp3) is 0.929. The van der Waals surface area contributed by atoms with Crippen LogP contribution in [0.25, 0.3) is 0 Å². The molecule has 112 valence electrons. The molecule has 0 aliphatic carbocycles. The minimum atomic E-state index is -1.84. The van der Waals surface area contributed by atoms with E-state index >= 15 is 0 Å². The third-order valence-corrected chi connectivity index (χ3v) is 9.32. The van der Waals surface area contributed by atoms with Crippen LogP contribution in [0.3, 0.4) is 0 Å². The summed E-state index contributed by atoms with van der Waals surface area (Å²) in [7, 11) is -1.84. The average molecular weight is 287 g/mol. The fourth-order valence-corrected chi connectivity index (χ4v) is 3.75. The Hall–Kier alpha value is -0.393. The highest BCUT2D eigenvalue weighted by atomic mass is 28.4. The van der Waals surface area contributed by atoms with Gasteiger partial charge in [-0.25, -0.2) is 0 Å². The average Bonchev–Trinajstić information content (AvgIpc) is 2.54. The zero-order valence-electron chi connectivity index (χ0n) is 13.4. The molecule has 1 saturated heterocycles. The van der Waals surface area contributed by atoms with Crippen molar-refractivity contribution in [2.24, 2.45) is 5.92 Å². The van der Waals surface area contributed by atoms with E-state index in [-0.39, 0.29) is 35.6 Å². The van der Waals surface area contributed by atoms with Gasteiger partial charge in [0.25, 0.3) is 0 Å². The summed E-state index contributed by atoms with van der Waals surface area (Å²) in [6.07, 6.45) is 0.0435. The zero-order valence-corrected chi connectivity index (χ0v) is 14.4. The van der Waals surface area contributed by atoms with Crippen LogP contribution >= 0.6 is 0 Å². The van der Waals surface area contributed by atoms with Crippen LogP contribution in [-0.4, -0.2) is 49.5 Å². The van der Waals surface area contributed by atoms with E-state index in [0.717, 1.165) is 0 Å². The Kier molecular flexibility index (Phi) is 4.86. The van der Waals surface area contributed by atoms with Gasteiger partial charge in [0, 0.05) is 19.4 Å². The van der Waals surface area contributed by atoms with Crippen molar-refractivity contribution in [2.75, 3.05) is 13.2 Å². The Bertz CT molecular complexity index is 338. The van der Waals surface area contributed by atoms with Crippen LogP contribution in [0, 0.1) is 5.92 Å². The Balaban J connectivity index is 2.84. The maximum atomic E-state index is 11.6. The number of nitrogens with zero attached hydrogens (tertiary/aromatic N) is 1. The lowest BCUT2D eigenvalue weighted by Crippen LogP contribution is -2.45. The second-order valence-corrected chi connectivity index (χ2v) is 12.0. The van der Waals surface area contributed by atoms with Crippen LogP contribution < -0.4 is 0 Å². The van der Waals surface area contributed by atoms with Crippen molar-refractivity contribution in [1.29, 1.82) is 0 Å². The number of carbonyl (C=O) groups excluding carboxylic acids is 1. The molecular formula is C14H29NO3Si. The minimum absolute atomic E-state index is 0.0120. The summed E-state index contributed by atoms with van der Waals surface area (Å²) in [5, 5.41) is 9.65. The lowest BCUT2D eigenvalue weighted by Gasteiger charge is -2.39. The topological polar surface area (TPSA) is 49.8 Å². The Morgan fingerprint density at radius 3 is 2.26 bits per heavy atom. The van der Waals surface area contributed by atoms with Gasteiger partial charge >= 0.3 is 0 Å². The molecule has 5 heteroatoms. The highest BCUT2D eigenvalue weighted by molar-refractivity contribution is 6.74. The van der Waals surface area contributed by atoms with E-state index in [2.05, 4.69) is 40.8 Å². The summed E-state index contributed by atoms with van der Waals surface area (Å²) in [5.41, 5.74) is 0. The number of rotatable bonds is 3. The SMILES string of the molecule is CC(=O)N1C[C@@H](O[Si](C)(C)C(C)(C)C)[C@H](C)[C@H]1CO. The van der Waals surface area contributed by atoms with E-state index in [4.69, 9.17) is 4.43 Å². The number of amides is 1. The van der Waals surface area contributed by atoms with Crippen molar-refractivity contribution in [3.8, 4) is 0 Å². The van der Waals surface area contributed by atoms with Gasteiger partial charge in [-0.15, -0.1) is 0 Å². The molecule has 0 aromatic rings. The van der Waals surface area contributed by atoms with Crippen molar-refractivity contribution >= 4 is 14.2 Å². The molecule has 1 N–H and O–H groups in total. The van der Waals surface area contributed by atoms with E-state index in [1.807, 2.05) is 0 Å². The number of likely N-dealkylation sites (tertiary alicyclic amines) is 1. The highest BCUT2D eigenvalue weighted by Gasteiger charge is 2.46. The fourth-order valence-electron chi connectivity index (χ4n) is 2.35. The Morgan fingerprint density at radius 2 is 1.95 bits per heavy atom. The normalized spacial score (nSPS) is 28.8. The highest BCUT2D eigenvalue weighted by Crippen LogP contribution is 2.40. The van der Waals surface area contributed by atoms with Crippen molar-refractivity contribution in [2.45, 2.75) is 64.9 Å². The first-order valence-electron chi connectivity index (χ1n) is 7.07. The molecule has 0 saturated carbocycles. The molecule has 1 aliphatic rings. The Labute approximate surface area is 118 Å². The molecule has 0 bridgehead atoms. The molecule has 0 aromatic heterocycles. The molecular weight excluding hydrogens is 258 g/mol. The van der Waals surface area contributed by atoms with Gasteiger partial charge in [0.2, 0.25) is 5.91 Å². The first-order valence-corrected chi connectivity index (χ1v) is 9.98. The lowest BCUT2D eigenvalue weighted by atomic mass is 10.0. The van der Waals surface area contributed by atoms with Crippen molar-refractivity contribution in [1.82, 2.24) is 4.90 Å². The minimum Gasteiger partial charge on any atom is -0.412 e. The van der Waals surface area contributed by atoms with E-state index < -0.39 is 8.32 Å². The third-order valence-electron chi connectivity index (χ3n) is 4.81. The van der Waals surface area contributed by atoms with E-state index in [0.29, 0.717) is 6.54 Å². The Morgan fingerprint density at radius 1 is 1.42 bits per heavy atom. The quantitative estimate of drug-likeness (QED) is 0.810. The van der Waals surface area contributed by atoms with E-state index in [1.165, 1.54) is 0 Å². The number of aliphatic hydroxyl groups is 1. The monoisotopic (exact) mass is 287 g/mol. The molecule has 1 amide bonds. The van der Waals surface area contributed by atoms with Crippen molar-refractivity contribution in [3.05, 3.63) is 0 Å². The molecule has 1 rings (SSSR count). The number of aliphatic hydroxyl groups excluding tert-OH is 1. The van der Waals surface area contributed by atoms with Gasteiger partial charge in [0.05, 0.1) is 18.8 Å². The summed E-state index contributed by atoms with van der Waals surface area (Å²) in [4.78, 5) is 13.4. The predicted octanol–water partition coefficient (Wildman–Crippen LogP) is 2.24. The molecule has 1 heterocycles. The first-order chi connectivity index (χ1) is 8.51. The van der Waals surface area contributed by atoms with Crippen molar-refractivity contribution < 1.29 is 14.3 Å². The van der Waals surface area contributed by atoms with Gasteiger partial charge < -0.3 is 14.4 Å². The van der Waals surface area contributed by atoms with E-state index in [9.17, 15) is 9.90 Å². The smallest absolute Gasteiger partial charge is 0.219 e. The summed E-state index contributed by atoms with van der Waals surface area (Å²) in [5.74, 6) is 0.204. The zero-order chi connectivity index (χ0) is 15.0. The van der Waals surface area contributed by atoms with Crippen molar-refractivity contribution in [3.63, 3.8) is 0 Å². The van der Waals surface area contributed by atoms with Gasteiger partial charge in [-0.2, -0.15) is 0 Å². The van der Waals surface area contributed by atoms with Gasteiger partial charge in [0.15, 0.2) is 8.32 Å². The molecule has 0 radical (unpaired) electrons. The van der Waals surface area contributed by atoms with Crippen LogP contribution in [0.2, 0.25) is 18.1 Å². The molecule has 19 heavy (non-hydrogen) atoms. The van der Waals surface area contributed by atoms with Gasteiger partial charge in [0.1, 0.15) is 0 Å². The molecule has 0 aromatic carbocycles. The number of hydrogen-bond acceptors (Lipinski definition) is 3. The van der Waals surface area contributed by atoms with Gasteiger partial charge in [-0.05, 0) is 18.1 Å². The summed E-state index contributed by atoms with van der Waals surface area (Å²) < 4.78 is 6.42. The maximum absolute atomic E-state index is 11.6. The first kappa shape index (κ1) is 16.7. The van der Waals surface area contributed by atoms with Crippen LogP contribution in [0.15, 0.2) is 0 Å². The molecule has 1 aliphatic heterocycles. The van der Waals surface area contributed by atoms with Crippen LogP contribution in [0.1, 0.15) is 34.6 Å². The lowest BCUT2D eigenvalue weighted by molar-refractivity contribution is -0.130. The molecule has 4 nitrogen and oxygen atoms in total. The van der Waals surface area contributed by atoms with Crippen LogP contribution in [0.5, 0.6) is 0 Å². The molecule has 1 fully saturated rings. The largest absolute Gasteiger partial charge is 0.412 e. The second-order valence-electron chi connectivity index (χ2n) is 7.20. The molecule has 0 unspecified atom stereocenters. The summed E-state index contributed by atoms with van der Waals surface area (Å²) in [6, 6.07) is -0.104. The maximum Gasteiger partial charge on any atom is 0.219 e. The summed E-state index contributed by atoms with van der Waals surface area (Å²) >= 11 is 0.